The Bertz CT molecular complexity index is 982. The van der Waals surface area contributed by atoms with Crippen LogP contribution in [0, 0.1) is 12.7 Å². The first-order valence-electron chi connectivity index (χ1n) is 9.72. The van der Waals surface area contributed by atoms with Crippen LogP contribution in [0.2, 0.25) is 0 Å². The predicted octanol–water partition coefficient (Wildman–Crippen LogP) is 2.82. The summed E-state index contributed by atoms with van der Waals surface area (Å²) in [6.45, 7) is 2.72. The number of carbonyl (C=O) groups is 1. The van der Waals surface area contributed by atoms with E-state index in [0.717, 1.165) is 22.3 Å². The molecule has 1 aromatic carbocycles. The second kappa shape index (κ2) is 8.27. The molecule has 6 heteroatoms. The molecule has 0 saturated carbocycles. The molecule has 1 saturated heterocycles. The molecule has 1 aromatic heterocycles. The molecule has 0 radical (unpaired) electrons. The van der Waals surface area contributed by atoms with Crippen LogP contribution in [-0.4, -0.2) is 41.4 Å². The smallest absolute Gasteiger partial charge is 0.253 e. The fourth-order valence-corrected chi connectivity index (χ4v) is 3.74. The largest absolute Gasteiger partial charge is 0.389 e. The van der Waals surface area contributed by atoms with Crippen molar-refractivity contribution in [3.05, 3.63) is 76.9 Å². The van der Waals surface area contributed by atoms with Gasteiger partial charge in [0.1, 0.15) is 5.82 Å². The molecule has 2 atom stereocenters. The zero-order valence-electron chi connectivity index (χ0n) is 16.2. The summed E-state index contributed by atoms with van der Waals surface area (Å²) in [4.78, 5) is 17.4. The van der Waals surface area contributed by atoms with E-state index >= 15 is 0 Å². The van der Waals surface area contributed by atoms with Gasteiger partial charge in [-0.25, -0.2) is 4.39 Å². The van der Waals surface area contributed by atoms with E-state index < -0.39 is 6.10 Å². The summed E-state index contributed by atoms with van der Waals surface area (Å²) in [6.07, 6.45) is 6.05. The molecule has 150 valence electrons. The Morgan fingerprint density at radius 2 is 2.14 bits per heavy atom. The maximum atomic E-state index is 13.1. The number of ether oxygens (including phenoxy) is 1. The van der Waals surface area contributed by atoms with Crippen LogP contribution in [0.25, 0.3) is 11.1 Å². The SMILES string of the molecule is Cc1ccnc2c1/C(=C/Cc1ccc(F)cc1)C=C2C(=O)N[C@H]1CCOCC1O. The zero-order chi connectivity index (χ0) is 20.4. The zero-order valence-corrected chi connectivity index (χ0v) is 16.2. The van der Waals surface area contributed by atoms with Crippen LogP contribution in [0.3, 0.4) is 0 Å². The third-order valence-corrected chi connectivity index (χ3v) is 5.36. The summed E-state index contributed by atoms with van der Waals surface area (Å²) in [7, 11) is 0. The van der Waals surface area contributed by atoms with E-state index in [-0.39, 0.29) is 24.4 Å². The molecule has 2 aromatic rings. The number of hydrogen-bond donors (Lipinski definition) is 2. The number of carbonyl (C=O) groups excluding carboxylic acids is 1. The van der Waals surface area contributed by atoms with Crippen molar-refractivity contribution >= 4 is 17.1 Å². The van der Waals surface area contributed by atoms with Crippen molar-refractivity contribution in [1.82, 2.24) is 10.3 Å². The normalized spacial score (nSPS) is 22.3. The van der Waals surface area contributed by atoms with Crippen LogP contribution in [0.5, 0.6) is 0 Å². The Hall–Kier alpha value is -2.83. The van der Waals surface area contributed by atoms with Gasteiger partial charge < -0.3 is 15.2 Å². The maximum absolute atomic E-state index is 13.1. The standard InChI is InChI=1S/C23H23FN2O3/c1-14-8-10-25-22-18(23(28)26-19-9-11-29-13-20(19)27)12-16(21(14)22)5-2-15-3-6-17(24)7-4-15/h3-8,10,12,19-20,27H,2,9,11,13H2,1H3,(H,26,28)/b16-5+/t19-,20?/m0/s1. The van der Waals surface area contributed by atoms with Gasteiger partial charge in [-0.05, 0) is 60.7 Å². The average molecular weight is 394 g/mol. The van der Waals surface area contributed by atoms with Gasteiger partial charge in [-0.15, -0.1) is 0 Å². The fraction of sp³-hybridized carbons (Fsp3) is 0.304. The van der Waals surface area contributed by atoms with Gasteiger partial charge in [-0.2, -0.15) is 0 Å². The summed E-state index contributed by atoms with van der Waals surface area (Å²) in [5.74, 6) is -0.512. The van der Waals surface area contributed by atoms with E-state index in [9.17, 15) is 14.3 Å². The molecular weight excluding hydrogens is 371 g/mol. The van der Waals surface area contributed by atoms with Crippen LogP contribution in [0.15, 0.2) is 48.7 Å². The lowest BCUT2D eigenvalue weighted by Gasteiger charge is -2.28. The third-order valence-electron chi connectivity index (χ3n) is 5.36. The van der Waals surface area contributed by atoms with Crippen molar-refractivity contribution in [2.24, 2.45) is 0 Å². The molecule has 1 amide bonds. The molecule has 1 aliphatic carbocycles. The molecule has 1 aliphatic heterocycles. The van der Waals surface area contributed by atoms with Crippen molar-refractivity contribution < 1.29 is 19.0 Å². The topological polar surface area (TPSA) is 71.5 Å². The van der Waals surface area contributed by atoms with E-state index in [2.05, 4.69) is 10.3 Å². The number of amides is 1. The lowest BCUT2D eigenvalue weighted by Crippen LogP contribution is -2.48. The first kappa shape index (κ1) is 19.5. The third kappa shape index (κ3) is 4.13. The number of aromatic nitrogens is 1. The highest BCUT2D eigenvalue weighted by molar-refractivity contribution is 6.25. The quantitative estimate of drug-likeness (QED) is 0.837. The summed E-state index contributed by atoms with van der Waals surface area (Å²) >= 11 is 0. The molecular formula is C23H23FN2O3. The number of aliphatic hydroxyl groups is 1. The molecule has 1 fully saturated rings. The number of fused-ring (bicyclic) bond motifs is 1. The van der Waals surface area contributed by atoms with E-state index in [1.165, 1.54) is 12.1 Å². The Morgan fingerprint density at radius 3 is 2.90 bits per heavy atom. The molecule has 2 heterocycles. The summed E-state index contributed by atoms with van der Waals surface area (Å²) in [5.41, 5.74) is 5.02. The van der Waals surface area contributed by atoms with Crippen molar-refractivity contribution in [1.29, 1.82) is 0 Å². The number of hydrogen-bond acceptors (Lipinski definition) is 4. The Morgan fingerprint density at radius 1 is 1.34 bits per heavy atom. The number of rotatable bonds is 4. The van der Waals surface area contributed by atoms with Gasteiger partial charge in [0, 0.05) is 18.4 Å². The molecule has 4 rings (SSSR count). The van der Waals surface area contributed by atoms with Gasteiger partial charge in [0.25, 0.3) is 5.91 Å². The van der Waals surface area contributed by atoms with Gasteiger partial charge in [0.2, 0.25) is 0 Å². The minimum Gasteiger partial charge on any atom is -0.389 e. The van der Waals surface area contributed by atoms with Gasteiger partial charge in [0.15, 0.2) is 0 Å². The molecule has 1 unspecified atom stereocenters. The van der Waals surface area contributed by atoms with E-state index in [4.69, 9.17) is 4.74 Å². The fourth-order valence-electron chi connectivity index (χ4n) is 3.74. The molecule has 5 nitrogen and oxygen atoms in total. The number of aryl methyl sites for hydroxylation is 1. The maximum Gasteiger partial charge on any atom is 0.253 e. The number of pyridine rings is 1. The van der Waals surface area contributed by atoms with Crippen LogP contribution in [0.1, 0.15) is 28.8 Å². The summed E-state index contributed by atoms with van der Waals surface area (Å²) in [5, 5.41) is 13.0. The Balaban J connectivity index is 1.61. The molecule has 0 bridgehead atoms. The van der Waals surface area contributed by atoms with Gasteiger partial charge >= 0.3 is 0 Å². The first-order chi connectivity index (χ1) is 14.0. The van der Waals surface area contributed by atoms with Crippen molar-refractivity contribution in [2.75, 3.05) is 13.2 Å². The van der Waals surface area contributed by atoms with E-state index in [1.807, 2.05) is 25.1 Å². The highest BCUT2D eigenvalue weighted by Gasteiger charge is 2.30. The van der Waals surface area contributed by atoms with Gasteiger partial charge in [-0.1, -0.05) is 18.2 Å². The first-order valence-corrected chi connectivity index (χ1v) is 9.72. The summed E-state index contributed by atoms with van der Waals surface area (Å²) < 4.78 is 18.4. The molecule has 2 aliphatic rings. The molecule has 29 heavy (non-hydrogen) atoms. The van der Waals surface area contributed by atoms with Crippen LogP contribution >= 0.6 is 0 Å². The lowest BCUT2D eigenvalue weighted by atomic mass is 10.0. The highest BCUT2D eigenvalue weighted by atomic mass is 19.1. The molecule has 2 N–H and O–H groups in total. The van der Waals surface area contributed by atoms with Crippen molar-refractivity contribution in [2.45, 2.75) is 31.9 Å². The Kier molecular flexibility index (Phi) is 5.56. The van der Waals surface area contributed by atoms with E-state index in [1.54, 1.807) is 18.3 Å². The number of nitrogens with one attached hydrogen (secondary N) is 1. The van der Waals surface area contributed by atoms with Crippen LogP contribution < -0.4 is 5.32 Å². The minimum atomic E-state index is -0.715. The van der Waals surface area contributed by atoms with Crippen molar-refractivity contribution in [3.8, 4) is 0 Å². The number of halogens is 1. The van der Waals surface area contributed by atoms with Crippen LogP contribution in [-0.2, 0) is 16.0 Å². The monoisotopic (exact) mass is 394 g/mol. The van der Waals surface area contributed by atoms with Crippen molar-refractivity contribution in [3.63, 3.8) is 0 Å². The average Bonchev–Trinajstić information content (AvgIpc) is 3.09. The number of nitrogens with zero attached hydrogens (tertiary/aromatic N) is 1. The Labute approximate surface area is 168 Å². The number of benzene rings is 1. The predicted molar refractivity (Wildman–Crippen MR) is 108 cm³/mol. The number of aliphatic hydroxyl groups excluding tert-OH is 1. The van der Waals surface area contributed by atoms with Crippen LogP contribution in [0.4, 0.5) is 4.39 Å². The molecule has 0 spiro atoms. The second-order valence-corrected chi connectivity index (χ2v) is 7.41. The summed E-state index contributed by atoms with van der Waals surface area (Å²) in [6, 6.07) is 7.97. The van der Waals surface area contributed by atoms with E-state index in [0.29, 0.717) is 30.7 Å². The van der Waals surface area contributed by atoms with Gasteiger partial charge in [0.05, 0.1) is 30.0 Å². The second-order valence-electron chi connectivity index (χ2n) is 7.41. The lowest BCUT2D eigenvalue weighted by molar-refractivity contribution is -0.118. The minimum absolute atomic E-state index is 0.223. The van der Waals surface area contributed by atoms with Gasteiger partial charge in [-0.3, -0.25) is 9.78 Å². The number of allylic oxidation sites excluding steroid dienone is 3. The highest BCUT2D eigenvalue weighted by Crippen LogP contribution is 2.36.